The molecule has 5 N–H and O–H groups in total. The molecule has 11 heteroatoms. The van der Waals surface area contributed by atoms with Gasteiger partial charge in [-0.3, -0.25) is 9.48 Å². The summed E-state index contributed by atoms with van der Waals surface area (Å²) < 4.78 is 35.4. The third-order valence-electron chi connectivity index (χ3n) is 4.51. The summed E-state index contributed by atoms with van der Waals surface area (Å²) in [6, 6.07) is 3.51. The van der Waals surface area contributed by atoms with Crippen LogP contribution in [-0.4, -0.2) is 34.3 Å². The van der Waals surface area contributed by atoms with Crippen molar-refractivity contribution >= 4 is 27.9 Å². The monoisotopic (exact) mass is 436 g/mol. The summed E-state index contributed by atoms with van der Waals surface area (Å²) in [5.74, 6) is -2.12. The first-order valence-electron chi connectivity index (χ1n) is 9.19. The van der Waals surface area contributed by atoms with E-state index >= 15 is 0 Å². The van der Waals surface area contributed by atoms with E-state index in [1.165, 1.54) is 19.3 Å². The van der Waals surface area contributed by atoms with Crippen molar-refractivity contribution in [3.8, 4) is 10.6 Å². The number of thiazole rings is 1. The summed E-state index contributed by atoms with van der Waals surface area (Å²) in [6.07, 6.45) is 3.13. The molecule has 3 heterocycles. The van der Waals surface area contributed by atoms with Gasteiger partial charge in [-0.2, -0.15) is 5.10 Å². The van der Waals surface area contributed by atoms with E-state index in [1.807, 2.05) is 0 Å². The summed E-state index contributed by atoms with van der Waals surface area (Å²) in [5, 5.41) is 6.98. The smallest absolute Gasteiger partial charge is 0.277 e. The van der Waals surface area contributed by atoms with Crippen molar-refractivity contribution in [3.63, 3.8) is 0 Å². The Bertz CT molecular complexity index is 1030. The molecule has 30 heavy (non-hydrogen) atoms. The van der Waals surface area contributed by atoms with Gasteiger partial charge < -0.3 is 21.5 Å². The minimum Gasteiger partial charge on any atom is -0.389 e. The number of hydrogen-bond acceptors (Lipinski definition) is 7. The normalized spacial score (nSPS) is 15.6. The van der Waals surface area contributed by atoms with Gasteiger partial charge >= 0.3 is 0 Å². The van der Waals surface area contributed by atoms with Crippen LogP contribution >= 0.6 is 11.3 Å². The number of amides is 1. The first kappa shape index (κ1) is 21.8. The molecule has 1 atom stereocenters. The molecule has 0 aliphatic carbocycles. The number of nitrogens with two attached hydrogens (primary N) is 2. The standard InChI is InChI=1S/C18H17F2N5O2S.CH5N/c1-25-15(12-6-3-7-27-12)11(8-22-25)23-17(26)14-16(21)28-18(24-14)13-9(19)4-2-5-10(13)20;1-2/h2,4-5,8,12H,3,6-7,21H2,1H3,(H,23,26);2H2,1H3. The molecule has 1 saturated heterocycles. The predicted octanol–water partition coefficient (Wildman–Crippen LogP) is 3.08. The molecule has 1 amide bonds. The average Bonchev–Trinajstić information content (AvgIpc) is 3.44. The Balaban J connectivity index is 0.00000124. The fraction of sp³-hybridized carbons (Fsp3) is 0.316. The number of nitrogens with zero attached hydrogens (tertiary/aromatic N) is 3. The van der Waals surface area contributed by atoms with Gasteiger partial charge in [-0.25, -0.2) is 13.8 Å². The maximum absolute atomic E-state index is 14.0. The second-order valence-corrected chi connectivity index (χ2v) is 7.38. The van der Waals surface area contributed by atoms with E-state index in [9.17, 15) is 13.6 Å². The second-order valence-electron chi connectivity index (χ2n) is 6.35. The molecule has 160 valence electrons. The molecule has 2 aromatic heterocycles. The van der Waals surface area contributed by atoms with Crippen molar-refractivity contribution in [2.45, 2.75) is 18.9 Å². The molecule has 0 radical (unpaired) electrons. The van der Waals surface area contributed by atoms with Crippen LogP contribution in [0.25, 0.3) is 10.6 Å². The van der Waals surface area contributed by atoms with Gasteiger partial charge in [0.05, 0.1) is 23.1 Å². The average molecular weight is 436 g/mol. The van der Waals surface area contributed by atoms with Crippen LogP contribution in [0.15, 0.2) is 24.4 Å². The maximum atomic E-state index is 14.0. The van der Waals surface area contributed by atoms with Gasteiger partial charge in [0.2, 0.25) is 0 Å². The summed E-state index contributed by atoms with van der Waals surface area (Å²) in [5.41, 5.74) is 11.2. The van der Waals surface area contributed by atoms with Crippen molar-refractivity contribution in [2.75, 3.05) is 24.7 Å². The minimum atomic E-state index is -0.770. The number of halogens is 2. The van der Waals surface area contributed by atoms with E-state index in [4.69, 9.17) is 10.5 Å². The molecule has 1 aliphatic rings. The quantitative estimate of drug-likeness (QED) is 0.578. The maximum Gasteiger partial charge on any atom is 0.277 e. The van der Waals surface area contributed by atoms with Crippen molar-refractivity contribution in [1.29, 1.82) is 0 Å². The van der Waals surface area contributed by atoms with E-state index in [0.717, 1.165) is 42.0 Å². The number of nitrogen functional groups attached to an aromatic ring is 1. The second kappa shape index (κ2) is 9.28. The van der Waals surface area contributed by atoms with Crippen LogP contribution in [0.4, 0.5) is 19.5 Å². The molecule has 0 bridgehead atoms. The van der Waals surface area contributed by atoms with Gasteiger partial charge in [0, 0.05) is 13.7 Å². The number of ether oxygens (including phenoxy) is 1. The van der Waals surface area contributed by atoms with Gasteiger partial charge in [0.1, 0.15) is 27.7 Å². The van der Waals surface area contributed by atoms with E-state index in [-0.39, 0.29) is 27.4 Å². The highest BCUT2D eigenvalue weighted by atomic mass is 32.1. The van der Waals surface area contributed by atoms with Crippen molar-refractivity contribution < 1.29 is 18.3 Å². The molecular formula is C19H22F2N6O2S. The predicted molar refractivity (Wildman–Crippen MR) is 111 cm³/mol. The summed E-state index contributed by atoms with van der Waals surface area (Å²) in [4.78, 5) is 16.8. The lowest BCUT2D eigenvalue weighted by Gasteiger charge is -2.13. The van der Waals surface area contributed by atoms with Crippen LogP contribution in [-0.2, 0) is 11.8 Å². The lowest BCUT2D eigenvalue weighted by Crippen LogP contribution is -2.16. The van der Waals surface area contributed by atoms with Crippen LogP contribution in [0.2, 0.25) is 0 Å². The number of rotatable bonds is 4. The van der Waals surface area contributed by atoms with Crippen LogP contribution in [0.3, 0.4) is 0 Å². The Morgan fingerprint density at radius 3 is 2.67 bits per heavy atom. The lowest BCUT2D eigenvalue weighted by atomic mass is 10.1. The van der Waals surface area contributed by atoms with E-state index < -0.39 is 17.5 Å². The van der Waals surface area contributed by atoms with Crippen molar-refractivity contribution in [1.82, 2.24) is 14.8 Å². The van der Waals surface area contributed by atoms with Crippen molar-refractivity contribution in [3.05, 3.63) is 47.4 Å². The number of carbonyl (C=O) groups is 1. The summed E-state index contributed by atoms with van der Waals surface area (Å²) in [6.45, 7) is 0.653. The summed E-state index contributed by atoms with van der Waals surface area (Å²) >= 11 is 0.850. The van der Waals surface area contributed by atoms with E-state index in [0.29, 0.717) is 12.3 Å². The fourth-order valence-electron chi connectivity index (χ4n) is 3.20. The van der Waals surface area contributed by atoms with Crippen molar-refractivity contribution in [2.24, 2.45) is 12.8 Å². The minimum absolute atomic E-state index is 0.00351. The SMILES string of the molecule is CN.Cn1ncc(NC(=O)c2nc(-c3c(F)cccc3F)sc2N)c1C1CCCO1. The molecule has 8 nitrogen and oxygen atoms in total. The molecule has 3 aromatic rings. The first-order valence-corrected chi connectivity index (χ1v) is 10.0. The molecule has 1 aliphatic heterocycles. The third-order valence-corrected chi connectivity index (χ3v) is 5.41. The van der Waals surface area contributed by atoms with E-state index in [1.54, 1.807) is 11.7 Å². The highest BCUT2D eigenvalue weighted by Crippen LogP contribution is 2.35. The molecular weight excluding hydrogens is 414 g/mol. The highest BCUT2D eigenvalue weighted by molar-refractivity contribution is 7.19. The number of nitrogens with one attached hydrogen (secondary N) is 1. The molecule has 1 fully saturated rings. The summed E-state index contributed by atoms with van der Waals surface area (Å²) in [7, 11) is 3.27. The van der Waals surface area contributed by atoms with Gasteiger partial charge in [-0.15, -0.1) is 0 Å². The Morgan fingerprint density at radius 2 is 2.03 bits per heavy atom. The Kier molecular flexibility index (Phi) is 6.75. The molecule has 0 saturated carbocycles. The highest BCUT2D eigenvalue weighted by Gasteiger charge is 2.27. The van der Waals surface area contributed by atoms with Crippen LogP contribution in [0.1, 0.15) is 35.1 Å². The number of anilines is 2. The first-order chi connectivity index (χ1) is 14.5. The van der Waals surface area contributed by atoms with Gasteiger partial charge in [-0.05, 0) is 32.0 Å². The zero-order valence-corrected chi connectivity index (χ0v) is 17.3. The largest absolute Gasteiger partial charge is 0.389 e. The van der Waals surface area contributed by atoms with Gasteiger partial charge in [-0.1, -0.05) is 17.4 Å². The molecule has 0 spiro atoms. The number of aromatic nitrogens is 3. The van der Waals surface area contributed by atoms with E-state index in [2.05, 4.69) is 21.1 Å². The molecule has 4 rings (SSSR count). The number of carbonyl (C=O) groups excluding carboxylic acids is 1. The fourth-order valence-corrected chi connectivity index (χ4v) is 4.08. The van der Waals surface area contributed by atoms with Gasteiger partial charge in [0.15, 0.2) is 5.69 Å². The Labute approximate surface area is 175 Å². The van der Waals surface area contributed by atoms with Crippen LogP contribution < -0.4 is 16.8 Å². The zero-order chi connectivity index (χ0) is 21.8. The number of aryl methyl sites for hydroxylation is 1. The lowest BCUT2D eigenvalue weighted by molar-refractivity contribution is 0.101. The Morgan fingerprint density at radius 1 is 1.33 bits per heavy atom. The molecule has 1 aromatic carbocycles. The number of benzene rings is 1. The van der Waals surface area contributed by atoms with Crippen LogP contribution in [0.5, 0.6) is 0 Å². The molecule has 1 unspecified atom stereocenters. The topological polar surface area (TPSA) is 121 Å². The van der Waals surface area contributed by atoms with Crippen LogP contribution in [0, 0.1) is 11.6 Å². The Hall–Kier alpha value is -2.89. The number of hydrogen-bond donors (Lipinski definition) is 3. The van der Waals surface area contributed by atoms with Gasteiger partial charge in [0.25, 0.3) is 5.91 Å². The third kappa shape index (κ3) is 4.18. The zero-order valence-electron chi connectivity index (χ0n) is 16.5.